The molecule has 0 aromatic rings. The molecule has 1 aliphatic rings. The van der Waals surface area contributed by atoms with Crippen molar-refractivity contribution in [2.75, 3.05) is 26.7 Å². The van der Waals surface area contributed by atoms with Crippen molar-refractivity contribution in [3.8, 4) is 0 Å². The second-order valence-corrected chi connectivity index (χ2v) is 10.9. The number of nitrogens with zero attached hydrogens (tertiary/aromatic N) is 2. The molecule has 0 aliphatic carbocycles. The second-order valence-electron chi connectivity index (χ2n) is 9.67. The first-order valence-corrected chi connectivity index (χ1v) is 12.6. The highest BCUT2D eigenvalue weighted by atomic mass is 32.2. The van der Waals surface area contributed by atoms with E-state index in [4.69, 9.17) is 0 Å². The average molecular weight is 421 g/mol. The molecule has 1 rings (SSSR count). The topological polar surface area (TPSA) is 6.48 Å². The van der Waals surface area contributed by atoms with Crippen molar-refractivity contribution in [3.63, 3.8) is 0 Å². The molecule has 0 aromatic carbocycles. The smallest absolute Gasteiger partial charge is 0.0259 e. The molecule has 1 heterocycles. The standard InChI is InChI=1S/C26H48N2S/c1-11-24(20(4)5)26(25(21(6)7)18-22(8)19(2)3)29-27(10)17-14-23(9)28-15-12-13-16-28/h18-21,23H,8,11-17H2,1-7,9-10H3/b25-18-,26-24-. The van der Waals surface area contributed by atoms with E-state index in [9.17, 15) is 0 Å². The quantitative estimate of drug-likeness (QED) is 0.237. The number of hydrogen-bond acceptors (Lipinski definition) is 3. The van der Waals surface area contributed by atoms with Crippen molar-refractivity contribution < 1.29 is 0 Å². The lowest BCUT2D eigenvalue weighted by Crippen LogP contribution is -2.32. The first-order chi connectivity index (χ1) is 13.6. The van der Waals surface area contributed by atoms with Crippen LogP contribution in [-0.2, 0) is 0 Å². The molecule has 0 amide bonds. The van der Waals surface area contributed by atoms with Gasteiger partial charge in [-0.2, -0.15) is 0 Å². The monoisotopic (exact) mass is 420 g/mol. The van der Waals surface area contributed by atoms with E-state index in [0.717, 1.165) is 13.0 Å². The van der Waals surface area contributed by atoms with Gasteiger partial charge >= 0.3 is 0 Å². The summed E-state index contributed by atoms with van der Waals surface area (Å²) in [6.07, 6.45) is 7.46. The van der Waals surface area contributed by atoms with Gasteiger partial charge in [0.1, 0.15) is 0 Å². The molecule has 2 nitrogen and oxygen atoms in total. The summed E-state index contributed by atoms with van der Waals surface area (Å²) in [5, 5.41) is 0. The third-order valence-electron chi connectivity index (χ3n) is 6.21. The van der Waals surface area contributed by atoms with Crippen LogP contribution in [0.4, 0.5) is 0 Å². The van der Waals surface area contributed by atoms with Gasteiger partial charge in [0.25, 0.3) is 0 Å². The molecule has 1 unspecified atom stereocenters. The van der Waals surface area contributed by atoms with Crippen LogP contribution in [0, 0.1) is 17.8 Å². The fourth-order valence-electron chi connectivity index (χ4n) is 3.92. The molecule has 1 aliphatic heterocycles. The first-order valence-electron chi connectivity index (χ1n) is 11.8. The molecule has 0 bridgehead atoms. The van der Waals surface area contributed by atoms with Crippen molar-refractivity contribution in [1.29, 1.82) is 0 Å². The predicted molar refractivity (Wildman–Crippen MR) is 134 cm³/mol. The van der Waals surface area contributed by atoms with Crippen molar-refractivity contribution >= 4 is 11.9 Å². The number of hydrogen-bond donors (Lipinski definition) is 0. The fourth-order valence-corrected chi connectivity index (χ4v) is 5.33. The minimum Gasteiger partial charge on any atom is -0.301 e. The highest BCUT2D eigenvalue weighted by Gasteiger charge is 2.21. The summed E-state index contributed by atoms with van der Waals surface area (Å²) in [6.45, 7) is 26.5. The van der Waals surface area contributed by atoms with E-state index in [1.807, 2.05) is 11.9 Å². The summed E-state index contributed by atoms with van der Waals surface area (Å²) in [4.78, 5) is 4.14. The lowest BCUT2D eigenvalue weighted by Gasteiger charge is -2.28. The zero-order valence-corrected chi connectivity index (χ0v) is 21.7. The van der Waals surface area contributed by atoms with Crippen LogP contribution in [0.2, 0.25) is 0 Å². The molecule has 0 N–H and O–H groups in total. The Hall–Kier alpha value is -0.510. The van der Waals surface area contributed by atoms with Crippen LogP contribution in [0.25, 0.3) is 0 Å². The molecule has 1 atom stereocenters. The molecule has 0 radical (unpaired) electrons. The van der Waals surface area contributed by atoms with E-state index >= 15 is 0 Å². The molecule has 168 valence electrons. The van der Waals surface area contributed by atoms with E-state index in [2.05, 4.69) is 84.3 Å². The molecule has 29 heavy (non-hydrogen) atoms. The first kappa shape index (κ1) is 26.5. The molecule has 1 saturated heterocycles. The highest BCUT2D eigenvalue weighted by Crippen LogP contribution is 2.38. The van der Waals surface area contributed by atoms with Crippen molar-refractivity contribution in [3.05, 3.63) is 34.3 Å². The van der Waals surface area contributed by atoms with Gasteiger partial charge in [-0.15, -0.1) is 0 Å². The Morgan fingerprint density at radius 1 is 1.00 bits per heavy atom. The summed E-state index contributed by atoms with van der Waals surface area (Å²) >= 11 is 1.97. The van der Waals surface area contributed by atoms with Gasteiger partial charge in [0.15, 0.2) is 0 Å². The third kappa shape index (κ3) is 8.63. The summed E-state index contributed by atoms with van der Waals surface area (Å²) in [5.74, 6) is 1.54. The molecule has 1 fully saturated rings. The third-order valence-corrected chi connectivity index (χ3v) is 7.38. The van der Waals surface area contributed by atoms with Crippen LogP contribution in [0.15, 0.2) is 34.3 Å². The molecular weight excluding hydrogens is 372 g/mol. The van der Waals surface area contributed by atoms with Gasteiger partial charge in [-0.25, -0.2) is 4.31 Å². The van der Waals surface area contributed by atoms with Gasteiger partial charge in [-0.1, -0.05) is 72.3 Å². The number of rotatable bonds is 12. The van der Waals surface area contributed by atoms with Crippen LogP contribution in [0.1, 0.15) is 81.1 Å². The van der Waals surface area contributed by atoms with Gasteiger partial charge in [0.2, 0.25) is 0 Å². The molecule has 0 spiro atoms. The second kappa shape index (κ2) is 13.0. The Balaban J connectivity index is 3.04. The Bertz CT molecular complexity index is 565. The van der Waals surface area contributed by atoms with Crippen LogP contribution in [0.5, 0.6) is 0 Å². The van der Waals surface area contributed by atoms with Crippen LogP contribution in [0.3, 0.4) is 0 Å². The normalized spacial score (nSPS) is 18.3. The van der Waals surface area contributed by atoms with Crippen molar-refractivity contribution in [2.24, 2.45) is 17.8 Å². The maximum atomic E-state index is 4.34. The van der Waals surface area contributed by atoms with Crippen LogP contribution >= 0.6 is 11.9 Å². The largest absolute Gasteiger partial charge is 0.301 e. The lowest BCUT2D eigenvalue weighted by atomic mass is 9.91. The maximum absolute atomic E-state index is 4.34. The summed E-state index contributed by atoms with van der Waals surface area (Å²) in [6, 6.07) is 0.685. The van der Waals surface area contributed by atoms with Gasteiger partial charge in [0.05, 0.1) is 0 Å². The Morgan fingerprint density at radius 3 is 2.03 bits per heavy atom. The summed E-state index contributed by atoms with van der Waals surface area (Å²) < 4.78 is 2.47. The van der Waals surface area contributed by atoms with Crippen molar-refractivity contribution in [2.45, 2.75) is 87.1 Å². The van der Waals surface area contributed by atoms with Crippen molar-refractivity contribution in [1.82, 2.24) is 9.21 Å². The van der Waals surface area contributed by atoms with E-state index < -0.39 is 0 Å². The maximum Gasteiger partial charge on any atom is 0.0259 e. The lowest BCUT2D eigenvalue weighted by molar-refractivity contribution is 0.239. The Labute approximate surface area is 187 Å². The number of likely N-dealkylation sites (tertiary alicyclic amines) is 1. The Kier molecular flexibility index (Phi) is 11.9. The van der Waals surface area contributed by atoms with Gasteiger partial charge in [0, 0.05) is 17.5 Å². The van der Waals surface area contributed by atoms with Gasteiger partial charge in [-0.3, -0.25) is 0 Å². The number of allylic oxidation sites excluding steroid dienone is 4. The predicted octanol–water partition coefficient (Wildman–Crippen LogP) is 7.56. The van der Waals surface area contributed by atoms with E-state index in [1.165, 1.54) is 48.4 Å². The Morgan fingerprint density at radius 2 is 1.59 bits per heavy atom. The zero-order valence-electron chi connectivity index (χ0n) is 20.8. The van der Waals surface area contributed by atoms with E-state index in [0.29, 0.717) is 23.8 Å². The van der Waals surface area contributed by atoms with Crippen LogP contribution in [-0.4, -0.2) is 41.9 Å². The van der Waals surface area contributed by atoms with Gasteiger partial charge < -0.3 is 4.90 Å². The fraction of sp³-hybridized carbons (Fsp3) is 0.769. The average Bonchev–Trinajstić information content (AvgIpc) is 3.18. The molecule has 0 saturated carbocycles. The minimum atomic E-state index is 0.484. The van der Waals surface area contributed by atoms with Crippen LogP contribution < -0.4 is 0 Å². The molecular formula is C26H48N2S. The zero-order chi connectivity index (χ0) is 22.1. The summed E-state index contributed by atoms with van der Waals surface area (Å²) in [5.41, 5.74) is 4.26. The van der Waals surface area contributed by atoms with E-state index in [-0.39, 0.29) is 0 Å². The molecule has 0 aromatic heterocycles. The summed E-state index contributed by atoms with van der Waals surface area (Å²) in [7, 11) is 2.27. The molecule has 3 heteroatoms. The minimum absolute atomic E-state index is 0.484. The SMILES string of the molecule is C=C(/C=C(\C(SN(C)CCC(C)N1CCCC1)=C(/CC)C(C)C)C(C)C)C(C)C. The van der Waals surface area contributed by atoms with Gasteiger partial charge in [-0.05, 0) is 88.0 Å². The van der Waals surface area contributed by atoms with E-state index in [1.54, 1.807) is 5.57 Å². The highest BCUT2D eigenvalue weighted by molar-refractivity contribution is 8.01.